The van der Waals surface area contributed by atoms with Gasteiger partial charge < -0.3 is 5.73 Å². The molecular weight excluding hydrogens is 238 g/mol. The Morgan fingerprint density at radius 2 is 1.71 bits per heavy atom. The largest absolute Gasteiger partial charge is 0.327 e. The van der Waals surface area contributed by atoms with E-state index in [2.05, 4.69) is 54.9 Å². The van der Waals surface area contributed by atoms with Gasteiger partial charge in [0.05, 0.1) is 0 Å². The van der Waals surface area contributed by atoms with Crippen LogP contribution in [-0.4, -0.2) is 6.04 Å². The zero-order valence-corrected chi connectivity index (χ0v) is 10.6. The molecule has 1 aromatic carbocycles. The van der Waals surface area contributed by atoms with Crippen LogP contribution < -0.4 is 5.73 Å². The molecule has 2 atom stereocenters. The minimum atomic E-state index is 0.216. The molecule has 0 aromatic heterocycles. The summed E-state index contributed by atoms with van der Waals surface area (Å²) in [6, 6.07) is 8.51. The average molecular weight is 256 g/mol. The van der Waals surface area contributed by atoms with Crippen LogP contribution in [0.15, 0.2) is 28.7 Å². The lowest BCUT2D eigenvalue weighted by Gasteiger charge is -2.24. The lowest BCUT2D eigenvalue weighted by atomic mass is 9.87. The maximum atomic E-state index is 6.14. The van der Waals surface area contributed by atoms with Crippen LogP contribution in [-0.2, 0) is 0 Å². The fraction of sp³-hybridized carbons (Fsp3) is 0.500. The van der Waals surface area contributed by atoms with Crippen molar-refractivity contribution in [1.29, 1.82) is 0 Å². The van der Waals surface area contributed by atoms with E-state index in [1.54, 1.807) is 0 Å². The molecule has 0 heterocycles. The van der Waals surface area contributed by atoms with Gasteiger partial charge in [-0.05, 0) is 23.5 Å². The van der Waals surface area contributed by atoms with Crippen LogP contribution in [0.5, 0.6) is 0 Å². The van der Waals surface area contributed by atoms with Crippen molar-refractivity contribution in [2.75, 3.05) is 0 Å². The van der Waals surface area contributed by atoms with Crippen molar-refractivity contribution in [3.8, 4) is 0 Å². The highest BCUT2D eigenvalue weighted by Gasteiger charge is 2.19. The highest BCUT2D eigenvalue weighted by molar-refractivity contribution is 9.10. The van der Waals surface area contributed by atoms with E-state index in [1.165, 1.54) is 5.56 Å². The van der Waals surface area contributed by atoms with E-state index < -0.39 is 0 Å². The van der Waals surface area contributed by atoms with Gasteiger partial charge in [-0.25, -0.2) is 0 Å². The van der Waals surface area contributed by atoms with Crippen molar-refractivity contribution >= 4 is 15.9 Å². The highest BCUT2D eigenvalue weighted by atomic mass is 79.9. The van der Waals surface area contributed by atoms with Crippen LogP contribution in [0.3, 0.4) is 0 Å². The first-order valence-electron chi connectivity index (χ1n) is 5.04. The fourth-order valence-corrected chi connectivity index (χ4v) is 2.27. The minimum absolute atomic E-state index is 0.216. The van der Waals surface area contributed by atoms with Crippen LogP contribution in [0, 0.1) is 5.92 Å². The Balaban J connectivity index is 2.89. The summed E-state index contributed by atoms with van der Waals surface area (Å²) in [6.45, 7) is 6.51. The maximum Gasteiger partial charge on any atom is 0.0210 e. The second kappa shape index (κ2) is 4.94. The standard InChI is InChI=1S/C12H18BrN/c1-8(2)12(14)9(3)10-6-4-5-7-11(10)13/h4-9,12H,14H2,1-3H3. The Morgan fingerprint density at radius 3 is 2.21 bits per heavy atom. The summed E-state index contributed by atoms with van der Waals surface area (Å²) in [5.41, 5.74) is 7.44. The summed E-state index contributed by atoms with van der Waals surface area (Å²) in [4.78, 5) is 0. The molecule has 0 aliphatic carbocycles. The first kappa shape index (κ1) is 11.7. The van der Waals surface area contributed by atoms with Crippen molar-refractivity contribution in [1.82, 2.24) is 0 Å². The Labute approximate surface area is 94.8 Å². The maximum absolute atomic E-state index is 6.14. The Hall–Kier alpha value is -0.340. The van der Waals surface area contributed by atoms with Gasteiger partial charge in [0.25, 0.3) is 0 Å². The Bertz CT molecular complexity index is 296. The smallest absolute Gasteiger partial charge is 0.0210 e. The van der Waals surface area contributed by atoms with Crippen LogP contribution >= 0.6 is 15.9 Å². The molecule has 0 amide bonds. The van der Waals surface area contributed by atoms with Gasteiger partial charge in [0.2, 0.25) is 0 Å². The lowest BCUT2D eigenvalue weighted by molar-refractivity contribution is 0.434. The third-order valence-corrected chi connectivity index (χ3v) is 3.47. The number of hydrogen-bond donors (Lipinski definition) is 1. The predicted octanol–water partition coefficient (Wildman–Crippen LogP) is 3.54. The quantitative estimate of drug-likeness (QED) is 0.879. The van der Waals surface area contributed by atoms with Crippen molar-refractivity contribution < 1.29 is 0 Å². The van der Waals surface area contributed by atoms with E-state index in [0.29, 0.717) is 11.8 Å². The summed E-state index contributed by atoms with van der Waals surface area (Å²) in [6.07, 6.45) is 0. The average Bonchev–Trinajstić information content (AvgIpc) is 2.16. The zero-order chi connectivity index (χ0) is 10.7. The second-order valence-electron chi connectivity index (χ2n) is 4.13. The molecule has 0 saturated carbocycles. The van der Waals surface area contributed by atoms with Gasteiger partial charge in [-0.15, -0.1) is 0 Å². The van der Waals surface area contributed by atoms with Crippen molar-refractivity contribution in [3.05, 3.63) is 34.3 Å². The molecule has 78 valence electrons. The summed E-state index contributed by atoms with van der Waals surface area (Å²) < 4.78 is 1.16. The van der Waals surface area contributed by atoms with Gasteiger partial charge in [-0.2, -0.15) is 0 Å². The number of hydrogen-bond acceptors (Lipinski definition) is 1. The summed E-state index contributed by atoms with van der Waals surface area (Å²) in [7, 11) is 0. The van der Waals surface area contributed by atoms with Crippen LogP contribution in [0.1, 0.15) is 32.3 Å². The summed E-state index contributed by atoms with van der Waals surface area (Å²) >= 11 is 3.56. The lowest BCUT2D eigenvalue weighted by Crippen LogP contribution is -2.32. The molecule has 14 heavy (non-hydrogen) atoms. The molecule has 0 fully saturated rings. The summed E-state index contributed by atoms with van der Waals surface area (Å²) in [5.74, 6) is 0.905. The van der Waals surface area contributed by atoms with E-state index in [4.69, 9.17) is 5.73 Å². The molecule has 0 radical (unpaired) electrons. The third kappa shape index (κ3) is 2.58. The molecular formula is C12H18BrN. The molecule has 1 nitrogen and oxygen atoms in total. The van der Waals surface area contributed by atoms with Crippen molar-refractivity contribution in [2.24, 2.45) is 11.7 Å². The van der Waals surface area contributed by atoms with Crippen LogP contribution in [0.25, 0.3) is 0 Å². The molecule has 2 N–H and O–H groups in total. The Morgan fingerprint density at radius 1 is 1.14 bits per heavy atom. The molecule has 0 spiro atoms. The topological polar surface area (TPSA) is 26.0 Å². The molecule has 2 unspecified atom stereocenters. The highest BCUT2D eigenvalue weighted by Crippen LogP contribution is 2.28. The molecule has 0 aliphatic heterocycles. The van der Waals surface area contributed by atoms with Crippen molar-refractivity contribution in [3.63, 3.8) is 0 Å². The number of rotatable bonds is 3. The van der Waals surface area contributed by atoms with Gasteiger partial charge in [0, 0.05) is 10.5 Å². The Kier molecular flexibility index (Phi) is 4.14. The molecule has 2 heteroatoms. The van der Waals surface area contributed by atoms with Crippen molar-refractivity contribution in [2.45, 2.75) is 32.7 Å². The van der Waals surface area contributed by atoms with Gasteiger partial charge in [0.1, 0.15) is 0 Å². The predicted molar refractivity (Wildman–Crippen MR) is 65.4 cm³/mol. The molecule has 1 rings (SSSR count). The van der Waals surface area contributed by atoms with Gasteiger partial charge in [-0.3, -0.25) is 0 Å². The normalized spacial score (nSPS) is 15.6. The number of halogens is 1. The van der Waals surface area contributed by atoms with E-state index in [0.717, 1.165) is 4.47 Å². The monoisotopic (exact) mass is 255 g/mol. The SMILES string of the molecule is CC(C)C(N)C(C)c1ccccc1Br. The number of nitrogens with two attached hydrogens (primary N) is 1. The van der Waals surface area contributed by atoms with E-state index in [1.807, 2.05) is 6.07 Å². The molecule has 0 saturated heterocycles. The van der Waals surface area contributed by atoms with E-state index in [-0.39, 0.29) is 6.04 Å². The zero-order valence-electron chi connectivity index (χ0n) is 9.00. The molecule has 0 bridgehead atoms. The van der Waals surface area contributed by atoms with Crippen LogP contribution in [0.4, 0.5) is 0 Å². The second-order valence-corrected chi connectivity index (χ2v) is 4.99. The minimum Gasteiger partial charge on any atom is -0.327 e. The van der Waals surface area contributed by atoms with E-state index >= 15 is 0 Å². The first-order chi connectivity index (χ1) is 6.54. The summed E-state index contributed by atoms with van der Waals surface area (Å²) in [5, 5.41) is 0. The molecule has 1 aromatic rings. The van der Waals surface area contributed by atoms with E-state index in [9.17, 15) is 0 Å². The fourth-order valence-electron chi connectivity index (χ4n) is 1.63. The van der Waals surface area contributed by atoms with Gasteiger partial charge >= 0.3 is 0 Å². The van der Waals surface area contributed by atoms with Crippen LogP contribution in [0.2, 0.25) is 0 Å². The van der Waals surface area contributed by atoms with Gasteiger partial charge in [0.15, 0.2) is 0 Å². The first-order valence-corrected chi connectivity index (χ1v) is 5.83. The number of benzene rings is 1. The molecule has 0 aliphatic rings. The third-order valence-electron chi connectivity index (χ3n) is 2.74. The van der Waals surface area contributed by atoms with Gasteiger partial charge in [-0.1, -0.05) is 54.9 Å².